The van der Waals surface area contributed by atoms with Crippen molar-refractivity contribution in [3.63, 3.8) is 0 Å². The summed E-state index contributed by atoms with van der Waals surface area (Å²) in [5, 5.41) is 30.6. The van der Waals surface area contributed by atoms with E-state index >= 15 is 0 Å². The Hall–Kier alpha value is -4.61. The van der Waals surface area contributed by atoms with Crippen molar-refractivity contribution in [2.24, 2.45) is 5.73 Å². The lowest BCUT2D eigenvalue weighted by molar-refractivity contribution is -0.143. The number of thiol groups is 1. The van der Waals surface area contributed by atoms with Gasteiger partial charge in [-0.2, -0.15) is 24.4 Å². The van der Waals surface area contributed by atoms with E-state index in [4.69, 9.17) is 10.8 Å². The van der Waals surface area contributed by atoms with Crippen LogP contribution in [0.2, 0.25) is 0 Å². The number of benzene rings is 2. The van der Waals surface area contributed by atoms with E-state index in [-0.39, 0.29) is 30.9 Å². The highest BCUT2D eigenvalue weighted by atomic mass is 32.2. The van der Waals surface area contributed by atoms with Gasteiger partial charge in [-0.05, 0) is 17.4 Å². The number of nitrogens with two attached hydrogens (primary N) is 1. The smallest absolute Gasteiger partial charge is 0.327 e. The summed E-state index contributed by atoms with van der Waals surface area (Å²) in [4.78, 5) is 87.6. The third-order valence-electron chi connectivity index (χ3n) is 7.03. The molecule has 5 atom stereocenters. The maximum absolute atomic E-state index is 13.6. The Bertz CT molecular complexity index is 1430. The summed E-state index contributed by atoms with van der Waals surface area (Å²) >= 11 is 5.32. The molecule has 266 valence electrons. The molecule has 17 heteroatoms. The number of hydrogen-bond donors (Lipinski definition) is 9. The van der Waals surface area contributed by atoms with Gasteiger partial charge >= 0.3 is 11.9 Å². The van der Waals surface area contributed by atoms with E-state index in [2.05, 4.69) is 39.2 Å². The van der Waals surface area contributed by atoms with Gasteiger partial charge in [0, 0.05) is 37.3 Å². The molecule has 9 N–H and O–H groups in total. The van der Waals surface area contributed by atoms with Crippen LogP contribution in [0.25, 0.3) is 0 Å². The summed E-state index contributed by atoms with van der Waals surface area (Å²) in [6.07, 6.45) is 1.39. The van der Waals surface area contributed by atoms with Crippen LogP contribution in [-0.2, 0) is 46.4 Å². The number of carbonyl (C=O) groups is 7. The van der Waals surface area contributed by atoms with Crippen molar-refractivity contribution in [1.82, 2.24) is 26.6 Å². The van der Waals surface area contributed by atoms with E-state index in [9.17, 15) is 38.7 Å². The minimum atomic E-state index is -1.67. The van der Waals surface area contributed by atoms with Crippen LogP contribution >= 0.6 is 24.4 Å². The maximum atomic E-state index is 13.6. The predicted molar refractivity (Wildman–Crippen MR) is 186 cm³/mol. The summed E-state index contributed by atoms with van der Waals surface area (Å²) < 4.78 is 0. The lowest BCUT2D eigenvalue weighted by Gasteiger charge is -2.24. The van der Waals surface area contributed by atoms with E-state index in [0.29, 0.717) is 11.3 Å². The van der Waals surface area contributed by atoms with Gasteiger partial charge in [0.1, 0.15) is 30.2 Å². The fourth-order valence-corrected chi connectivity index (χ4v) is 5.04. The average Bonchev–Trinajstić information content (AvgIpc) is 3.07. The van der Waals surface area contributed by atoms with Gasteiger partial charge in [0.05, 0.1) is 6.42 Å². The number of aliphatic carboxylic acids is 2. The molecule has 2 aromatic rings. The summed E-state index contributed by atoms with van der Waals surface area (Å²) in [5.41, 5.74) is 7.45. The average molecular weight is 719 g/mol. The first-order valence-electron chi connectivity index (χ1n) is 15.2. The molecule has 15 nitrogen and oxygen atoms in total. The van der Waals surface area contributed by atoms with E-state index in [1.165, 1.54) is 11.8 Å². The van der Waals surface area contributed by atoms with E-state index in [1.54, 1.807) is 42.5 Å². The molecule has 0 aliphatic heterocycles. The normalized spacial score (nSPS) is 13.8. The summed E-state index contributed by atoms with van der Waals surface area (Å²) in [6.45, 7) is -0.472. The molecule has 0 spiro atoms. The van der Waals surface area contributed by atoms with Crippen LogP contribution in [0.15, 0.2) is 60.7 Å². The van der Waals surface area contributed by atoms with Gasteiger partial charge in [0.15, 0.2) is 0 Å². The van der Waals surface area contributed by atoms with E-state index < -0.39 is 78.7 Å². The van der Waals surface area contributed by atoms with Gasteiger partial charge in [-0.3, -0.25) is 28.8 Å². The quantitative estimate of drug-likeness (QED) is 0.0716. The largest absolute Gasteiger partial charge is 0.481 e. The Morgan fingerprint density at radius 1 is 0.714 bits per heavy atom. The number of thioether (sulfide) groups is 1. The van der Waals surface area contributed by atoms with Crippen LogP contribution in [0.5, 0.6) is 0 Å². The standard InChI is InChI=1S/C32H42N6O9S2/c1-49-13-12-26(39)35-23(15-20-10-6-3-7-11-20)30(44)37-22(14-19-8-4-2-5-9-19)29(43)34-17-21(33)28(42)36-24(16-27(40)41)31(45)38-25(18-48)32(46)47/h2-11,21-25,48H,12-18,33H2,1H3,(H,34,43)(H,35,39)(H,36,42)(H,37,44)(H,38,45)(H,40,41)(H,46,47)/t21-,22-,23-,24-,25-/m0/s1. The van der Waals surface area contributed by atoms with E-state index in [1.807, 2.05) is 24.5 Å². The molecule has 0 aromatic heterocycles. The number of nitrogens with one attached hydrogen (secondary N) is 5. The Morgan fingerprint density at radius 3 is 1.69 bits per heavy atom. The van der Waals surface area contributed by atoms with Crippen molar-refractivity contribution >= 4 is 65.9 Å². The molecule has 2 rings (SSSR count). The number of amides is 5. The molecule has 0 heterocycles. The van der Waals surface area contributed by atoms with Crippen molar-refractivity contribution in [1.29, 1.82) is 0 Å². The Kier molecular flexibility index (Phi) is 17.7. The molecule has 0 aliphatic carbocycles. The number of rotatable bonds is 21. The highest BCUT2D eigenvalue weighted by Crippen LogP contribution is 2.08. The number of carboxylic acid groups (broad SMARTS) is 2. The topological polar surface area (TPSA) is 246 Å². The van der Waals surface area contributed by atoms with Gasteiger partial charge < -0.3 is 42.5 Å². The van der Waals surface area contributed by atoms with Gasteiger partial charge in [-0.25, -0.2) is 4.79 Å². The second-order valence-electron chi connectivity index (χ2n) is 10.9. The summed E-state index contributed by atoms with van der Waals surface area (Å²) in [5.74, 6) is -6.32. The molecular formula is C32H42N6O9S2. The van der Waals surface area contributed by atoms with Gasteiger partial charge in [-0.15, -0.1) is 0 Å². The molecule has 5 amide bonds. The number of carbonyl (C=O) groups excluding carboxylic acids is 5. The summed E-state index contributed by atoms with van der Waals surface area (Å²) in [7, 11) is 0. The molecule has 0 fully saturated rings. The third-order valence-corrected chi connectivity index (χ3v) is 8.00. The zero-order chi connectivity index (χ0) is 36.3. The molecule has 49 heavy (non-hydrogen) atoms. The van der Waals surface area contributed by atoms with Crippen LogP contribution < -0.4 is 32.3 Å². The Morgan fingerprint density at radius 2 is 1.20 bits per heavy atom. The molecule has 0 unspecified atom stereocenters. The fraction of sp³-hybridized carbons (Fsp3) is 0.406. The minimum absolute atomic E-state index is 0.0507. The van der Waals surface area contributed by atoms with Crippen molar-refractivity contribution in [3.8, 4) is 0 Å². The first-order valence-corrected chi connectivity index (χ1v) is 17.2. The number of hydrogen-bond acceptors (Lipinski definition) is 10. The van der Waals surface area contributed by atoms with Crippen molar-refractivity contribution in [3.05, 3.63) is 71.8 Å². The molecular weight excluding hydrogens is 677 g/mol. The first-order chi connectivity index (χ1) is 23.3. The lowest BCUT2D eigenvalue weighted by Crippen LogP contribution is -2.58. The van der Waals surface area contributed by atoms with Crippen LogP contribution in [-0.4, -0.2) is 106 Å². The molecule has 0 bridgehead atoms. The highest BCUT2D eigenvalue weighted by Gasteiger charge is 2.31. The van der Waals surface area contributed by atoms with Crippen molar-refractivity contribution in [2.45, 2.75) is 55.9 Å². The highest BCUT2D eigenvalue weighted by molar-refractivity contribution is 7.98. The molecule has 2 aromatic carbocycles. The summed E-state index contributed by atoms with van der Waals surface area (Å²) in [6, 6.07) is 11.1. The zero-order valence-electron chi connectivity index (χ0n) is 26.8. The van der Waals surface area contributed by atoms with Crippen molar-refractivity contribution in [2.75, 3.05) is 24.3 Å². The van der Waals surface area contributed by atoms with Gasteiger partial charge in [0.25, 0.3) is 0 Å². The van der Waals surface area contributed by atoms with Gasteiger partial charge in [0.2, 0.25) is 29.5 Å². The van der Waals surface area contributed by atoms with Crippen LogP contribution in [0, 0.1) is 0 Å². The number of carboxylic acids is 2. The molecule has 0 aliphatic rings. The molecule has 0 saturated heterocycles. The van der Waals surface area contributed by atoms with Crippen molar-refractivity contribution < 1.29 is 43.8 Å². The maximum Gasteiger partial charge on any atom is 0.327 e. The predicted octanol–water partition coefficient (Wildman–Crippen LogP) is -0.903. The second kappa shape index (κ2) is 21.4. The Balaban J connectivity index is 2.17. The first kappa shape index (κ1) is 40.6. The molecule has 0 radical (unpaired) electrons. The second-order valence-corrected chi connectivity index (χ2v) is 12.2. The lowest BCUT2D eigenvalue weighted by atomic mass is 10.0. The third kappa shape index (κ3) is 15.0. The zero-order valence-corrected chi connectivity index (χ0v) is 28.5. The monoisotopic (exact) mass is 718 g/mol. The minimum Gasteiger partial charge on any atom is -0.481 e. The Labute approximate surface area is 293 Å². The molecule has 0 saturated carbocycles. The van der Waals surface area contributed by atoms with Crippen LogP contribution in [0.1, 0.15) is 24.0 Å². The fourth-order valence-electron chi connectivity index (χ4n) is 4.40. The van der Waals surface area contributed by atoms with Crippen LogP contribution in [0.4, 0.5) is 0 Å². The van der Waals surface area contributed by atoms with E-state index in [0.717, 1.165) is 5.56 Å². The van der Waals surface area contributed by atoms with Crippen LogP contribution in [0.3, 0.4) is 0 Å². The SMILES string of the molecule is CSCCC(=O)N[C@@H](Cc1ccccc1)C(=O)N[C@@H](Cc1ccccc1)C(=O)NC[C@H](N)C(=O)N[C@@H](CC(=O)O)C(=O)N[C@@H](CS)C(=O)O. The van der Waals surface area contributed by atoms with Gasteiger partial charge in [-0.1, -0.05) is 60.7 Å².